The number of nitrogens with zero attached hydrogens (tertiary/aromatic N) is 2. The molecule has 0 aliphatic carbocycles. The molecule has 2 aliphatic rings. The molecule has 142 valence electrons. The molecule has 0 radical (unpaired) electrons. The number of nitrogens with one attached hydrogen (secondary N) is 2. The van der Waals surface area contributed by atoms with Crippen LogP contribution >= 0.6 is 15.9 Å². The number of guanidine groups is 1. The first-order chi connectivity index (χ1) is 12.6. The second-order valence-corrected chi connectivity index (χ2v) is 7.93. The molecule has 2 heterocycles. The molecule has 2 fully saturated rings. The van der Waals surface area contributed by atoms with E-state index < -0.39 is 0 Å². The van der Waals surface area contributed by atoms with Crippen LogP contribution < -0.4 is 10.6 Å². The molecule has 1 aromatic carbocycles. The zero-order chi connectivity index (χ0) is 18.4. The number of likely N-dealkylation sites (tertiary alicyclic amines) is 1. The number of carbonyl (C=O) groups excluding carboxylic acids is 1. The minimum absolute atomic E-state index is 0.0194. The number of carbonyl (C=O) groups is 1. The van der Waals surface area contributed by atoms with E-state index in [-0.39, 0.29) is 5.91 Å². The van der Waals surface area contributed by atoms with Gasteiger partial charge >= 0.3 is 0 Å². The minimum atomic E-state index is -0.0194. The van der Waals surface area contributed by atoms with Crippen molar-refractivity contribution in [2.45, 2.75) is 26.2 Å². The first kappa shape index (κ1) is 19.2. The van der Waals surface area contributed by atoms with E-state index in [0.29, 0.717) is 18.4 Å². The molecule has 1 unspecified atom stereocenters. The maximum absolute atomic E-state index is 12.1. The maximum atomic E-state index is 12.1. The first-order valence-corrected chi connectivity index (χ1v) is 10.1. The molecule has 6 nitrogen and oxygen atoms in total. The Bertz CT molecular complexity index is 641. The second kappa shape index (κ2) is 8.86. The molecule has 3 rings (SSSR count). The van der Waals surface area contributed by atoms with Gasteiger partial charge in [0.25, 0.3) is 0 Å². The zero-order valence-electron chi connectivity index (χ0n) is 15.3. The van der Waals surface area contributed by atoms with Gasteiger partial charge in [-0.25, -0.2) is 0 Å². The molecule has 26 heavy (non-hydrogen) atoms. The largest absolute Gasteiger partial charge is 0.381 e. The van der Waals surface area contributed by atoms with Crippen molar-refractivity contribution < 1.29 is 9.53 Å². The SMILES string of the molecule is CCNC(=NCCC(=O)Nc1ccc(Br)cc1)N1CCC2(CCOC2)C1. The molecule has 2 saturated heterocycles. The van der Waals surface area contributed by atoms with Crippen LogP contribution in [0.1, 0.15) is 26.2 Å². The van der Waals surface area contributed by atoms with Gasteiger partial charge in [-0.05, 0) is 44.0 Å². The minimum Gasteiger partial charge on any atom is -0.381 e. The average molecular weight is 423 g/mol. The quantitative estimate of drug-likeness (QED) is 0.565. The topological polar surface area (TPSA) is 66.0 Å². The van der Waals surface area contributed by atoms with Gasteiger partial charge in [-0.1, -0.05) is 15.9 Å². The van der Waals surface area contributed by atoms with Gasteiger partial charge in [0.05, 0.1) is 13.2 Å². The summed E-state index contributed by atoms with van der Waals surface area (Å²) in [6.07, 6.45) is 2.66. The van der Waals surface area contributed by atoms with E-state index in [1.165, 1.54) is 0 Å². The maximum Gasteiger partial charge on any atom is 0.226 e. The van der Waals surface area contributed by atoms with Gasteiger partial charge in [0.2, 0.25) is 5.91 Å². The summed E-state index contributed by atoms with van der Waals surface area (Å²) in [5.41, 5.74) is 1.10. The van der Waals surface area contributed by atoms with E-state index in [4.69, 9.17) is 4.74 Å². The Morgan fingerprint density at radius 1 is 1.35 bits per heavy atom. The van der Waals surface area contributed by atoms with E-state index in [1.54, 1.807) is 0 Å². The third kappa shape index (κ3) is 4.98. The summed E-state index contributed by atoms with van der Waals surface area (Å²) in [4.78, 5) is 19.1. The first-order valence-electron chi connectivity index (χ1n) is 9.27. The lowest BCUT2D eigenvalue weighted by Gasteiger charge is -2.24. The van der Waals surface area contributed by atoms with Crippen LogP contribution in [-0.4, -0.2) is 56.2 Å². The van der Waals surface area contributed by atoms with Crippen molar-refractivity contribution >= 4 is 33.5 Å². The van der Waals surface area contributed by atoms with Crippen molar-refractivity contribution in [3.63, 3.8) is 0 Å². The van der Waals surface area contributed by atoms with Crippen molar-refractivity contribution in [2.75, 3.05) is 44.7 Å². The van der Waals surface area contributed by atoms with E-state index in [2.05, 4.69) is 43.4 Å². The van der Waals surface area contributed by atoms with Gasteiger partial charge in [0.1, 0.15) is 0 Å². The van der Waals surface area contributed by atoms with E-state index in [9.17, 15) is 4.79 Å². The normalized spacial score (nSPS) is 22.8. The molecule has 2 aliphatic heterocycles. The standard InChI is InChI=1S/C19H27BrN4O2/c1-2-21-18(24-11-8-19(13-24)9-12-26-14-19)22-10-7-17(25)23-16-5-3-15(20)4-6-16/h3-6H,2,7-14H2,1H3,(H,21,22)(H,23,25). The van der Waals surface area contributed by atoms with Gasteiger partial charge in [-0.3, -0.25) is 9.79 Å². The Hall–Kier alpha value is -1.60. The number of benzene rings is 1. The van der Waals surface area contributed by atoms with Crippen molar-refractivity contribution in [3.8, 4) is 0 Å². The van der Waals surface area contributed by atoms with E-state index in [1.807, 2.05) is 24.3 Å². The molecule has 1 atom stereocenters. The molecule has 1 aromatic rings. The van der Waals surface area contributed by atoms with Crippen LogP contribution in [-0.2, 0) is 9.53 Å². The number of anilines is 1. The van der Waals surface area contributed by atoms with Gasteiger partial charge in [-0.15, -0.1) is 0 Å². The summed E-state index contributed by atoms with van der Waals surface area (Å²) in [5.74, 6) is 0.890. The Labute approximate surface area is 163 Å². The summed E-state index contributed by atoms with van der Waals surface area (Å²) in [7, 11) is 0. The highest BCUT2D eigenvalue weighted by molar-refractivity contribution is 9.10. The fourth-order valence-electron chi connectivity index (χ4n) is 3.53. The fraction of sp³-hybridized carbons (Fsp3) is 0.579. The van der Waals surface area contributed by atoms with E-state index >= 15 is 0 Å². The number of hydrogen-bond acceptors (Lipinski definition) is 3. The number of ether oxygens (including phenoxy) is 1. The van der Waals surface area contributed by atoms with Crippen LogP contribution in [0.2, 0.25) is 0 Å². The molecule has 2 N–H and O–H groups in total. The summed E-state index contributed by atoms with van der Waals surface area (Å²) < 4.78 is 6.60. The van der Waals surface area contributed by atoms with Crippen molar-refractivity contribution in [3.05, 3.63) is 28.7 Å². The molecule has 0 bridgehead atoms. The second-order valence-electron chi connectivity index (χ2n) is 7.01. The Kier molecular flexibility index (Phi) is 6.53. The third-order valence-electron chi connectivity index (χ3n) is 4.99. The molecule has 0 aromatic heterocycles. The summed E-state index contributed by atoms with van der Waals surface area (Å²) in [6.45, 7) is 7.09. The zero-order valence-corrected chi connectivity index (χ0v) is 16.8. The number of rotatable bonds is 5. The number of hydrogen-bond donors (Lipinski definition) is 2. The van der Waals surface area contributed by atoms with Crippen molar-refractivity contribution in [2.24, 2.45) is 10.4 Å². The Morgan fingerprint density at radius 3 is 2.85 bits per heavy atom. The number of amides is 1. The smallest absolute Gasteiger partial charge is 0.226 e. The molecule has 7 heteroatoms. The van der Waals surface area contributed by atoms with Crippen molar-refractivity contribution in [1.82, 2.24) is 10.2 Å². The highest BCUT2D eigenvalue weighted by atomic mass is 79.9. The lowest BCUT2D eigenvalue weighted by Crippen LogP contribution is -2.41. The van der Waals surface area contributed by atoms with Gasteiger partial charge < -0.3 is 20.3 Å². The van der Waals surface area contributed by atoms with Crippen LogP contribution in [0.5, 0.6) is 0 Å². The summed E-state index contributed by atoms with van der Waals surface area (Å²) >= 11 is 3.39. The molecular weight excluding hydrogens is 396 g/mol. The van der Waals surface area contributed by atoms with E-state index in [0.717, 1.165) is 61.8 Å². The highest BCUT2D eigenvalue weighted by Crippen LogP contribution is 2.38. The van der Waals surface area contributed by atoms with Crippen LogP contribution in [0.4, 0.5) is 5.69 Å². The van der Waals surface area contributed by atoms with Gasteiger partial charge in [0, 0.05) is 48.2 Å². The van der Waals surface area contributed by atoms with Gasteiger partial charge in [0.15, 0.2) is 5.96 Å². The van der Waals surface area contributed by atoms with Crippen LogP contribution in [0.25, 0.3) is 0 Å². The average Bonchev–Trinajstić information content (AvgIpc) is 3.26. The molecule has 0 saturated carbocycles. The summed E-state index contributed by atoms with van der Waals surface area (Å²) in [6, 6.07) is 7.57. The van der Waals surface area contributed by atoms with Crippen molar-refractivity contribution in [1.29, 1.82) is 0 Å². The summed E-state index contributed by atoms with van der Waals surface area (Å²) in [5, 5.41) is 6.26. The number of halogens is 1. The molecular formula is C19H27BrN4O2. The lowest BCUT2D eigenvalue weighted by molar-refractivity contribution is -0.116. The third-order valence-corrected chi connectivity index (χ3v) is 5.51. The lowest BCUT2D eigenvalue weighted by atomic mass is 9.87. The van der Waals surface area contributed by atoms with Crippen LogP contribution in [0.15, 0.2) is 33.7 Å². The molecule has 1 spiro atoms. The van der Waals surface area contributed by atoms with Gasteiger partial charge in [-0.2, -0.15) is 0 Å². The monoisotopic (exact) mass is 422 g/mol. The fourth-order valence-corrected chi connectivity index (χ4v) is 3.80. The predicted octanol–water partition coefficient (Wildman–Crippen LogP) is 2.86. The number of aliphatic imine (C=N–C) groups is 1. The predicted molar refractivity (Wildman–Crippen MR) is 107 cm³/mol. The molecule has 1 amide bonds. The van der Waals surface area contributed by atoms with Crippen LogP contribution in [0.3, 0.4) is 0 Å². The Morgan fingerprint density at radius 2 is 2.15 bits per heavy atom. The van der Waals surface area contributed by atoms with Crippen LogP contribution in [0, 0.1) is 5.41 Å². The highest BCUT2D eigenvalue weighted by Gasteiger charge is 2.42. The Balaban J connectivity index is 1.51.